The Morgan fingerprint density at radius 3 is 2.64 bits per heavy atom. The van der Waals surface area contributed by atoms with E-state index in [9.17, 15) is 0 Å². The first kappa shape index (κ1) is 18.2. The van der Waals surface area contributed by atoms with Gasteiger partial charge >= 0.3 is 0 Å². The molecule has 0 aliphatic carbocycles. The molecule has 1 aliphatic rings. The largest absolute Gasteiger partial charge is 0.356 e. The van der Waals surface area contributed by atoms with Gasteiger partial charge in [0.2, 0.25) is 0 Å². The standard InChI is InChI=1S/C22H26N6/c1-4-23-22(24-15-21-26-25-16(2)27(21)3)28-13-12-19-14-18(10-11-20(19)28)17-8-6-5-7-9-17/h5-11,14H,4,12-13,15H2,1-3H3,(H,23,24). The van der Waals surface area contributed by atoms with Crippen molar-refractivity contribution in [3.05, 3.63) is 65.7 Å². The minimum Gasteiger partial charge on any atom is -0.356 e. The van der Waals surface area contributed by atoms with Crippen molar-refractivity contribution >= 4 is 11.6 Å². The molecule has 0 amide bonds. The van der Waals surface area contributed by atoms with Gasteiger partial charge in [-0.3, -0.25) is 0 Å². The SMILES string of the molecule is CCNC(=NCc1nnc(C)n1C)N1CCc2cc(-c3ccccc3)ccc21. The van der Waals surface area contributed by atoms with Crippen LogP contribution in [0.2, 0.25) is 0 Å². The van der Waals surface area contributed by atoms with E-state index in [1.165, 1.54) is 22.4 Å². The number of hydrogen-bond donors (Lipinski definition) is 1. The van der Waals surface area contributed by atoms with E-state index in [1.54, 1.807) is 0 Å². The fraction of sp³-hybridized carbons (Fsp3) is 0.318. The molecule has 0 radical (unpaired) electrons. The summed E-state index contributed by atoms with van der Waals surface area (Å²) in [6.07, 6.45) is 1.02. The maximum absolute atomic E-state index is 4.83. The fourth-order valence-corrected chi connectivity index (χ4v) is 3.56. The number of guanidine groups is 1. The summed E-state index contributed by atoms with van der Waals surface area (Å²) in [5, 5.41) is 11.8. The number of fused-ring (bicyclic) bond motifs is 1. The molecule has 3 aromatic rings. The van der Waals surface area contributed by atoms with Crippen molar-refractivity contribution in [1.29, 1.82) is 0 Å². The van der Waals surface area contributed by atoms with E-state index >= 15 is 0 Å². The summed E-state index contributed by atoms with van der Waals surface area (Å²) in [5.41, 5.74) is 5.11. The molecule has 1 aromatic heterocycles. The summed E-state index contributed by atoms with van der Waals surface area (Å²) in [4.78, 5) is 7.10. The number of aryl methyl sites for hydroxylation is 1. The van der Waals surface area contributed by atoms with Gasteiger partial charge in [-0.15, -0.1) is 10.2 Å². The summed E-state index contributed by atoms with van der Waals surface area (Å²) >= 11 is 0. The minimum atomic E-state index is 0.508. The lowest BCUT2D eigenvalue weighted by Crippen LogP contribution is -2.40. The molecule has 4 rings (SSSR count). The molecule has 6 heteroatoms. The summed E-state index contributed by atoms with van der Waals surface area (Å²) in [5.74, 6) is 2.66. The van der Waals surface area contributed by atoms with Crippen LogP contribution in [0.5, 0.6) is 0 Å². The summed E-state index contributed by atoms with van der Waals surface area (Å²) in [6, 6.07) is 17.2. The number of rotatable bonds is 4. The highest BCUT2D eigenvalue weighted by Crippen LogP contribution is 2.32. The van der Waals surface area contributed by atoms with E-state index in [1.807, 2.05) is 18.5 Å². The number of nitrogens with one attached hydrogen (secondary N) is 1. The average Bonchev–Trinajstić information content (AvgIpc) is 3.29. The summed E-state index contributed by atoms with van der Waals surface area (Å²) in [7, 11) is 1.98. The third-order valence-electron chi connectivity index (χ3n) is 5.23. The molecule has 0 fully saturated rings. The normalized spacial score (nSPS) is 13.7. The van der Waals surface area contributed by atoms with Gasteiger partial charge in [0.05, 0.1) is 0 Å². The van der Waals surface area contributed by atoms with Gasteiger partial charge in [-0.1, -0.05) is 36.4 Å². The van der Waals surface area contributed by atoms with Crippen molar-refractivity contribution < 1.29 is 0 Å². The molecule has 0 spiro atoms. The Labute approximate surface area is 165 Å². The van der Waals surface area contributed by atoms with Crippen LogP contribution >= 0.6 is 0 Å². The lowest BCUT2D eigenvalue weighted by atomic mass is 10.0. The smallest absolute Gasteiger partial charge is 0.198 e. The Hall–Kier alpha value is -3.15. The molecule has 0 saturated carbocycles. The summed E-state index contributed by atoms with van der Waals surface area (Å²) < 4.78 is 1.98. The van der Waals surface area contributed by atoms with Crippen molar-refractivity contribution in [3.63, 3.8) is 0 Å². The van der Waals surface area contributed by atoms with Crippen molar-refractivity contribution in [2.24, 2.45) is 12.0 Å². The van der Waals surface area contributed by atoms with Crippen LogP contribution in [0.1, 0.15) is 24.1 Å². The zero-order valence-electron chi connectivity index (χ0n) is 16.7. The Bertz CT molecular complexity index is 990. The molecule has 28 heavy (non-hydrogen) atoms. The quantitative estimate of drug-likeness (QED) is 0.562. The van der Waals surface area contributed by atoms with E-state index in [2.05, 4.69) is 75.9 Å². The molecular formula is C22H26N6. The molecule has 0 unspecified atom stereocenters. The van der Waals surface area contributed by atoms with Gasteiger partial charge in [0.25, 0.3) is 0 Å². The molecule has 2 aromatic carbocycles. The predicted octanol–water partition coefficient (Wildman–Crippen LogP) is 3.32. The van der Waals surface area contributed by atoms with Crippen LogP contribution in [0.3, 0.4) is 0 Å². The lowest BCUT2D eigenvalue weighted by molar-refractivity contribution is 0.766. The second-order valence-corrected chi connectivity index (χ2v) is 7.00. The molecule has 1 N–H and O–H groups in total. The number of hydrogen-bond acceptors (Lipinski definition) is 3. The molecular weight excluding hydrogens is 348 g/mol. The molecule has 0 bridgehead atoms. The van der Waals surface area contributed by atoms with Crippen LogP contribution in [0.15, 0.2) is 53.5 Å². The number of anilines is 1. The first-order valence-electron chi connectivity index (χ1n) is 9.76. The first-order chi connectivity index (χ1) is 13.7. The maximum atomic E-state index is 4.83. The van der Waals surface area contributed by atoms with Gasteiger partial charge in [-0.25, -0.2) is 4.99 Å². The van der Waals surface area contributed by atoms with Crippen molar-refractivity contribution in [3.8, 4) is 11.1 Å². The van der Waals surface area contributed by atoms with Crippen LogP contribution in [0.4, 0.5) is 5.69 Å². The highest BCUT2D eigenvalue weighted by atomic mass is 15.3. The van der Waals surface area contributed by atoms with Gasteiger partial charge in [-0.2, -0.15) is 0 Å². The predicted molar refractivity (Wildman–Crippen MR) is 113 cm³/mol. The Kier molecular flexibility index (Phi) is 5.10. The van der Waals surface area contributed by atoms with E-state index in [4.69, 9.17) is 4.99 Å². The third-order valence-corrected chi connectivity index (χ3v) is 5.23. The van der Waals surface area contributed by atoms with Crippen LogP contribution in [-0.4, -0.2) is 33.8 Å². The molecule has 6 nitrogen and oxygen atoms in total. The van der Waals surface area contributed by atoms with Gasteiger partial charge in [0, 0.05) is 25.8 Å². The van der Waals surface area contributed by atoms with Crippen molar-refractivity contribution in [1.82, 2.24) is 20.1 Å². The van der Waals surface area contributed by atoms with Crippen LogP contribution in [-0.2, 0) is 20.0 Å². The van der Waals surface area contributed by atoms with Crippen LogP contribution in [0, 0.1) is 6.92 Å². The molecule has 0 atom stereocenters. The van der Waals surface area contributed by atoms with Gasteiger partial charge in [-0.05, 0) is 49.1 Å². The zero-order valence-corrected chi connectivity index (χ0v) is 16.7. The second-order valence-electron chi connectivity index (χ2n) is 7.00. The molecule has 144 valence electrons. The molecule has 2 heterocycles. The highest BCUT2D eigenvalue weighted by Gasteiger charge is 2.23. The highest BCUT2D eigenvalue weighted by molar-refractivity contribution is 5.98. The van der Waals surface area contributed by atoms with Gasteiger partial charge in [0.15, 0.2) is 11.8 Å². The number of aromatic nitrogens is 3. The Morgan fingerprint density at radius 2 is 1.93 bits per heavy atom. The zero-order chi connectivity index (χ0) is 19.5. The average molecular weight is 374 g/mol. The van der Waals surface area contributed by atoms with E-state index < -0.39 is 0 Å². The van der Waals surface area contributed by atoms with E-state index in [-0.39, 0.29) is 0 Å². The Balaban J connectivity index is 1.60. The van der Waals surface area contributed by atoms with Crippen molar-refractivity contribution in [2.45, 2.75) is 26.8 Å². The summed E-state index contributed by atoms with van der Waals surface area (Å²) in [6.45, 7) is 6.30. The Morgan fingerprint density at radius 1 is 1.11 bits per heavy atom. The fourth-order valence-electron chi connectivity index (χ4n) is 3.56. The van der Waals surface area contributed by atoms with Crippen LogP contribution in [0.25, 0.3) is 11.1 Å². The number of aliphatic imine (C=N–C) groups is 1. The third kappa shape index (κ3) is 3.50. The minimum absolute atomic E-state index is 0.508. The lowest BCUT2D eigenvalue weighted by Gasteiger charge is -2.22. The number of benzene rings is 2. The van der Waals surface area contributed by atoms with Crippen molar-refractivity contribution in [2.75, 3.05) is 18.0 Å². The van der Waals surface area contributed by atoms with Gasteiger partial charge < -0.3 is 14.8 Å². The van der Waals surface area contributed by atoms with E-state index in [0.717, 1.165) is 37.1 Å². The number of nitrogens with zero attached hydrogens (tertiary/aromatic N) is 5. The van der Waals surface area contributed by atoms with Gasteiger partial charge in [0.1, 0.15) is 12.4 Å². The monoisotopic (exact) mass is 374 g/mol. The second kappa shape index (κ2) is 7.84. The van der Waals surface area contributed by atoms with Crippen LogP contribution < -0.4 is 10.2 Å². The maximum Gasteiger partial charge on any atom is 0.198 e. The molecule has 0 saturated heterocycles. The van der Waals surface area contributed by atoms with E-state index in [0.29, 0.717) is 6.54 Å². The topological polar surface area (TPSA) is 58.3 Å². The first-order valence-corrected chi connectivity index (χ1v) is 9.76. The molecule has 1 aliphatic heterocycles.